The highest BCUT2D eigenvalue weighted by Crippen LogP contribution is 2.25. The summed E-state index contributed by atoms with van der Waals surface area (Å²) in [7, 11) is -2.88. The van der Waals surface area contributed by atoms with Crippen LogP contribution in [0.5, 0.6) is 0 Å². The van der Waals surface area contributed by atoms with Crippen LogP contribution in [-0.4, -0.2) is 35.6 Å². The van der Waals surface area contributed by atoms with Gasteiger partial charge in [-0.15, -0.1) is 0 Å². The van der Waals surface area contributed by atoms with Gasteiger partial charge in [0.05, 0.1) is 18.6 Å². The van der Waals surface area contributed by atoms with Crippen LogP contribution in [0, 0.1) is 5.41 Å². The number of hydrogen-bond acceptors (Lipinski definition) is 5. The van der Waals surface area contributed by atoms with Gasteiger partial charge in [0, 0.05) is 12.4 Å². The van der Waals surface area contributed by atoms with Gasteiger partial charge in [-0.05, 0) is 20.8 Å². The van der Waals surface area contributed by atoms with Crippen molar-refractivity contribution in [2.75, 3.05) is 25.6 Å². The molecule has 0 fully saturated rings. The Balaban J connectivity index is 3.81. The van der Waals surface area contributed by atoms with Crippen molar-refractivity contribution < 1.29 is 23.5 Å². The van der Waals surface area contributed by atoms with Gasteiger partial charge in [-0.2, -0.15) is 0 Å². The van der Waals surface area contributed by atoms with E-state index >= 15 is 0 Å². The molecule has 0 aromatic heterocycles. The van der Waals surface area contributed by atoms with Crippen molar-refractivity contribution >= 4 is 25.1 Å². The molecule has 16 heavy (non-hydrogen) atoms. The third-order valence-corrected chi connectivity index (χ3v) is 3.40. The SMILES string of the molecule is CCOCC(C)(C)C(=O)SCCO[PH](=O)O. The Morgan fingerprint density at radius 1 is 1.50 bits per heavy atom. The van der Waals surface area contributed by atoms with E-state index in [0.717, 1.165) is 11.8 Å². The highest BCUT2D eigenvalue weighted by Gasteiger charge is 2.27. The maximum absolute atomic E-state index is 11.7. The lowest BCUT2D eigenvalue weighted by Gasteiger charge is -2.21. The van der Waals surface area contributed by atoms with Crippen LogP contribution in [0.25, 0.3) is 0 Å². The lowest BCUT2D eigenvalue weighted by atomic mass is 9.97. The fourth-order valence-electron chi connectivity index (χ4n) is 0.875. The van der Waals surface area contributed by atoms with Crippen molar-refractivity contribution in [1.29, 1.82) is 0 Å². The molecule has 0 aromatic carbocycles. The minimum absolute atomic E-state index is 0.00200. The molecule has 0 rings (SSSR count). The summed E-state index contributed by atoms with van der Waals surface area (Å²) in [6.07, 6.45) is 0. The Morgan fingerprint density at radius 3 is 2.62 bits per heavy atom. The average Bonchev–Trinajstić information content (AvgIpc) is 2.20. The summed E-state index contributed by atoms with van der Waals surface area (Å²) >= 11 is 1.10. The summed E-state index contributed by atoms with van der Waals surface area (Å²) in [5.41, 5.74) is -0.537. The standard InChI is InChI=1S/C9H19O5PS/c1-4-13-7-9(2,3)8(10)16-6-5-14-15(11)12/h15H,4-7H2,1-3H3,(H,11,12). The van der Waals surface area contributed by atoms with Crippen LogP contribution in [0.1, 0.15) is 20.8 Å². The van der Waals surface area contributed by atoms with E-state index in [9.17, 15) is 9.36 Å². The third kappa shape index (κ3) is 7.41. The van der Waals surface area contributed by atoms with Gasteiger partial charge in [0.1, 0.15) is 0 Å². The fourth-order valence-corrected chi connectivity index (χ4v) is 2.10. The van der Waals surface area contributed by atoms with Crippen LogP contribution in [0.2, 0.25) is 0 Å². The molecule has 5 nitrogen and oxygen atoms in total. The van der Waals surface area contributed by atoms with Gasteiger partial charge >= 0.3 is 8.25 Å². The number of carbonyl (C=O) groups is 1. The third-order valence-electron chi connectivity index (χ3n) is 1.76. The van der Waals surface area contributed by atoms with Crippen molar-refractivity contribution in [1.82, 2.24) is 0 Å². The summed E-state index contributed by atoms with van der Waals surface area (Å²) in [5, 5.41) is 0.00200. The molecule has 0 spiro atoms. The molecular weight excluding hydrogens is 251 g/mol. The van der Waals surface area contributed by atoms with E-state index in [1.807, 2.05) is 20.8 Å². The number of rotatable bonds is 8. The van der Waals surface area contributed by atoms with E-state index in [-0.39, 0.29) is 11.7 Å². The van der Waals surface area contributed by atoms with Crippen molar-refractivity contribution in [2.24, 2.45) is 5.41 Å². The van der Waals surface area contributed by atoms with E-state index in [2.05, 4.69) is 4.52 Å². The highest BCUT2D eigenvalue weighted by molar-refractivity contribution is 8.13. The predicted molar refractivity (Wildman–Crippen MR) is 64.9 cm³/mol. The Kier molecular flexibility index (Phi) is 8.32. The first kappa shape index (κ1) is 16.1. The topological polar surface area (TPSA) is 72.8 Å². The first-order chi connectivity index (χ1) is 7.40. The number of hydrogen-bond donors (Lipinski definition) is 1. The van der Waals surface area contributed by atoms with E-state index in [4.69, 9.17) is 9.63 Å². The Bertz CT molecular complexity index is 244. The Labute approximate surface area is 101 Å². The quantitative estimate of drug-likeness (QED) is 0.534. The second-order valence-electron chi connectivity index (χ2n) is 3.77. The highest BCUT2D eigenvalue weighted by atomic mass is 32.2. The smallest absolute Gasteiger partial charge is 0.316 e. The normalized spacial score (nSPS) is 13.8. The van der Waals surface area contributed by atoms with Crippen molar-refractivity contribution in [3.8, 4) is 0 Å². The summed E-state index contributed by atoms with van der Waals surface area (Å²) in [5.74, 6) is 0.380. The molecule has 7 heteroatoms. The maximum atomic E-state index is 11.7. The van der Waals surface area contributed by atoms with E-state index in [0.29, 0.717) is 19.0 Å². The maximum Gasteiger partial charge on any atom is 0.316 e. The molecule has 1 atom stereocenters. The Hall–Kier alpha value is 0.130. The van der Waals surface area contributed by atoms with Crippen molar-refractivity contribution in [2.45, 2.75) is 20.8 Å². The zero-order chi connectivity index (χ0) is 12.6. The molecule has 0 amide bonds. The van der Waals surface area contributed by atoms with Gasteiger partial charge < -0.3 is 14.2 Å². The van der Waals surface area contributed by atoms with Gasteiger partial charge in [0.2, 0.25) is 0 Å². The van der Waals surface area contributed by atoms with Crippen LogP contribution in [-0.2, 0) is 18.6 Å². The largest absolute Gasteiger partial charge is 0.381 e. The molecular formula is C9H19O5PS. The van der Waals surface area contributed by atoms with Crippen LogP contribution in [0.3, 0.4) is 0 Å². The minimum atomic E-state index is -2.88. The van der Waals surface area contributed by atoms with Crippen LogP contribution < -0.4 is 0 Å². The van der Waals surface area contributed by atoms with E-state index < -0.39 is 13.7 Å². The zero-order valence-corrected chi connectivity index (χ0v) is 11.6. The summed E-state index contributed by atoms with van der Waals surface area (Å²) < 4.78 is 19.9. The van der Waals surface area contributed by atoms with Crippen molar-refractivity contribution in [3.05, 3.63) is 0 Å². The number of ether oxygens (including phenoxy) is 1. The molecule has 1 unspecified atom stereocenters. The summed E-state index contributed by atoms with van der Waals surface area (Å²) in [6.45, 7) is 6.57. The second kappa shape index (κ2) is 8.25. The lowest BCUT2D eigenvalue weighted by Crippen LogP contribution is -2.28. The average molecular weight is 270 g/mol. The predicted octanol–water partition coefficient (Wildman–Crippen LogP) is 1.71. The van der Waals surface area contributed by atoms with Gasteiger partial charge in [-0.25, -0.2) is 0 Å². The van der Waals surface area contributed by atoms with Crippen molar-refractivity contribution in [3.63, 3.8) is 0 Å². The number of thioether (sulfide) groups is 1. The van der Waals surface area contributed by atoms with E-state index in [1.54, 1.807) is 0 Å². The molecule has 0 saturated carbocycles. The van der Waals surface area contributed by atoms with Gasteiger partial charge in [0.15, 0.2) is 5.12 Å². The first-order valence-electron chi connectivity index (χ1n) is 5.01. The van der Waals surface area contributed by atoms with Gasteiger partial charge in [-0.1, -0.05) is 11.8 Å². The molecule has 0 aliphatic carbocycles. The van der Waals surface area contributed by atoms with Crippen LogP contribution in [0.15, 0.2) is 0 Å². The zero-order valence-electron chi connectivity index (χ0n) is 9.82. The molecule has 0 radical (unpaired) electrons. The van der Waals surface area contributed by atoms with Crippen LogP contribution in [0.4, 0.5) is 0 Å². The molecule has 0 aliphatic heterocycles. The first-order valence-corrected chi connectivity index (χ1v) is 7.25. The van der Waals surface area contributed by atoms with Gasteiger partial charge in [-0.3, -0.25) is 9.36 Å². The molecule has 0 saturated heterocycles. The number of carbonyl (C=O) groups excluding carboxylic acids is 1. The fraction of sp³-hybridized carbons (Fsp3) is 0.889. The van der Waals surface area contributed by atoms with Crippen LogP contribution >= 0.6 is 20.0 Å². The molecule has 96 valence electrons. The molecule has 0 aliphatic rings. The molecule has 0 bridgehead atoms. The second-order valence-corrected chi connectivity index (χ2v) is 5.66. The minimum Gasteiger partial charge on any atom is -0.381 e. The molecule has 1 N–H and O–H groups in total. The molecule has 0 heterocycles. The Morgan fingerprint density at radius 2 is 2.12 bits per heavy atom. The monoisotopic (exact) mass is 270 g/mol. The summed E-state index contributed by atoms with van der Waals surface area (Å²) in [6, 6.07) is 0. The summed E-state index contributed by atoms with van der Waals surface area (Å²) in [4.78, 5) is 20.1. The lowest BCUT2D eigenvalue weighted by molar-refractivity contribution is -0.121. The molecule has 0 aromatic rings. The van der Waals surface area contributed by atoms with E-state index in [1.165, 1.54) is 0 Å². The van der Waals surface area contributed by atoms with Gasteiger partial charge in [0.25, 0.3) is 0 Å².